The molecule has 27 heavy (non-hydrogen) atoms. The lowest BCUT2D eigenvalue weighted by atomic mass is 9.95. The van der Waals surface area contributed by atoms with Gasteiger partial charge >= 0.3 is 6.61 Å². The van der Waals surface area contributed by atoms with Crippen LogP contribution < -0.4 is 10.1 Å². The largest absolute Gasteiger partial charge is 0.435 e. The molecule has 0 bridgehead atoms. The average molecular weight is 389 g/mol. The van der Waals surface area contributed by atoms with Crippen LogP contribution in [0.4, 0.5) is 14.5 Å². The van der Waals surface area contributed by atoms with E-state index in [2.05, 4.69) is 21.1 Å². The number of alkyl halides is 2. The Balaban J connectivity index is 1.60. The van der Waals surface area contributed by atoms with Crippen LogP contribution in [0, 0.1) is 11.3 Å². The third-order valence-corrected chi connectivity index (χ3v) is 5.08. The smallest absolute Gasteiger partial charge is 0.387 e. The lowest BCUT2D eigenvalue weighted by Crippen LogP contribution is -2.15. The van der Waals surface area contributed by atoms with Crippen molar-refractivity contribution in [2.45, 2.75) is 37.3 Å². The monoisotopic (exact) mass is 389 g/mol. The number of hydrogen-bond donors (Lipinski definition) is 1. The Kier molecular flexibility index (Phi) is 6.24. The number of carbonyl (C=O) groups excluding carboxylic acids is 1. The number of nitriles is 1. The fraction of sp³-hybridized carbons (Fsp3) is 0.316. The molecule has 1 aliphatic carbocycles. The second kappa shape index (κ2) is 8.82. The molecule has 0 saturated carbocycles. The minimum atomic E-state index is -2.89. The SMILES string of the molecule is N#Cc1cc2c(nc1SCC(=O)Nc1ccc(OC(F)F)cc1)CCCC2. The maximum atomic E-state index is 12.1. The number of halogens is 2. The van der Waals surface area contributed by atoms with Crippen molar-refractivity contribution in [3.8, 4) is 11.8 Å². The molecule has 0 saturated heterocycles. The van der Waals surface area contributed by atoms with Crippen molar-refractivity contribution in [3.63, 3.8) is 0 Å². The van der Waals surface area contributed by atoms with Gasteiger partial charge in [0.05, 0.1) is 11.3 Å². The minimum Gasteiger partial charge on any atom is -0.435 e. The first-order valence-electron chi connectivity index (χ1n) is 8.45. The number of aromatic nitrogens is 1. The third kappa shape index (κ3) is 5.17. The van der Waals surface area contributed by atoms with E-state index >= 15 is 0 Å². The lowest BCUT2D eigenvalue weighted by molar-refractivity contribution is -0.113. The molecule has 0 spiro atoms. The molecule has 1 amide bonds. The van der Waals surface area contributed by atoms with Crippen molar-refractivity contribution in [2.75, 3.05) is 11.1 Å². The molecule has 0 radical (unpaired) electrons. The van der Waals surface area contributed by atoms with Crippen LogP contribution in [-0.4, -0.2) is 23.3 Å². The number of rotatable bonds is 6. The zero-order valence-corrected chi connectivity index (χ0v) is 15.2. The highest BCUT2D eigenvalue weighted by atomic mass is 32.2. The summed E-state index contributed by atoms with van der Waals surface area (Å²) in [6.07, 6.45) is 4.03. The zero-order valence-electron chi connectivity index (χ0n) is 14.4. The van der Waals surface area contributed by atoms with Crippen molar-refractivity contribution in [1.29, 1.82) is 5.26 Å². The summed E-state index contributed by atoms with van der Waals surface area (Å²) >= 11 is 1.21. The van der Waals surface area contributed by atoms with Gasteiger partial charge in [-0.2, -0.15) is 14.0 Å². The average Bonchev–Trinajstić information content (AvgIpc) is 2.66. The second-order valence-electron chi connectivity index (χ2n) is 6.01. The molecule has 1 aromatic carbocycles. The summed E-state index contributed by atoms with van der Waals surface area (Å²) in [5, 5.41) is 12.6. The van der Waals surface area contributed by atoms with E-state index in [9.17, 15) is 18.8 Å². The van der Waals surface area contributed by atoms with Gasteiger partial charge < -0.3 is 10.1 Å². The molecule has 1 aromatic heterocycles. The van der Waals surface area contributed by atoms with Crippen molar-refractivity contribution in [3.05, 3.63) is 47.2 Å². The number of carbonyl (C=O) groups is 1. The van der Waals surface area contributed by atoms with E-state index < -0.39 is 6.61 Å². The molecule has 0 atom stereocenters. The first-order valence-corrected chi connectivity index (χ1v) is 9.44. The van der Waals surface area contributed by atoms with Crippen LogP contribution in [0.25, 0.3) is 0 Å². The number of anilines is 1. The quantitative estimate of drug-likeness (QED) is 0.751. The summed E-state index contributed by atoms with van der Waals surface area (Å²) in [5.74, 6) is -0.157. The maximum Gasteiger partial charge on any atom is 0.387 e. The summed E-state index contributed by atoms with van der Waals surface area (Å²) in [5.41, 5.74) is 3.10. The summed E-state index contributed by atoms with van der Waals surface area (Å²) < 4.78 is 28.5. The fourth-order valence-electron chi connectivity index (χ4n) is 2.86. The number of pyridine rings is 1. The number of nitrogens with one attached hydrogen (secondary N) is 1. The molecule has 0 aliphatic heterocycles. The predicted octanol–water partition coefficient (Wildman–Crippen LogP) is 4.16. The number of hydrogen-bond acceptors (Lipinski definition) is 5. The number of fused-ring (bicyclic) bond motifs is 1. The number of amides is 1. The molecule has 0 unspecified atom stereocenters. The minimum absolute atomic E-state index is 0.0225. The molecule has 8 heteroatoms. The molecule has 1 aliphatic rings. The Morgan fingerprint density at radius 3 is 2.74 bits per heavy atom. The first kappa shape index (κ1) is 19.1. The Labute approximate surface area is 159 Å². The Morgan fingerprint density at radius 2 is 2.04 bits per heavy atom. The van der Waals surface area contributed by atoms with Crippen molar-refractivity contribution in [1.82, 2.24) is 4.98 Å². The molecule has 5 nitrogen and oxygen atoms in total. The highest BCUT2D eigenvalue weighted by molar-refractivity contribution is 8.00. The van der Waals surface area contributed by atoms with Crippen LogP contribution in [0.3, 0.4) is 0 Å². The fourth-order valence-corrected chi connectivity index (χ4v) is 3.63. The van der Waals surface area contributed by atoms with Crippen LogP contribution >= 0.6 is 11.8 Å². The van der Waals surface area contributed by atoms with Crippen LogP contribution in [0.1, 0.15) is 29.7 Å². The third-order valence-electron chi connectivity index (χ3n) is 4.09. The molecule has 1 heterocycles. The van der Waals surface area contributed by atoms with Crippen molar-refractivity contribution < 1.29 is 18.3 Å². The topological polar surface area (TPSA) is 75.0 Å². The number of ether oxygens (including phenoxy) is 1. The van der Waals surface area contributed by atoms with Crippen LogP contribution in [-0.2, 0) is 17.6 Å². The Morgan fingerprint density at radius 1 is 1.30 bits per heavy atom. The van der Waals surface area contributed by atoms with Gasteiger partial charge in [0.2, 0.25) is 5.91 Å². The predicted molar refractivity (Wildman–Crippen MR) is 98.0 cm³/mol. The molecule has 2 aromatic rings. The summed E-state index contributed by atoms with van der Waals surface area (Å²) in [6, 6.07) is 9.71. The van der Waals surface area contributed by atoms with Gasteiger partial charge in [-0.1, -0.05) is 11.8 Å². The van der Waals surface area contributed by atoms with Crippen molar-refractivity contribution >= 4 is 23.4 Å². The van der Waals surface area contributed by atoms with Gasteiger partial charge in [-0.25, -0.2) is 4.98 Å². The van der Waals surface area contributed by atoms with Gasteiger partial charge in [0.1, 0.15) is 16.8 Å². The van der Waals surface area contributed by atoms with E-state index in [1.54, 1.807) is 0 Å². The Hall–Kier alpha value is -2.66. The normalized spacial score (nSPS) is 13.0. The van der Waals surface area contributed by atoms with Crippen LogP contribution in [0.15, 0.2) is 35.4 Å². The summed E-state index contributed by atoms with van der Waals surface area (Å²) in [4.78, 5) is 16.7. The molecule has 3 rings (SSSR count). The Bertz CT molecular complexity index is 866. The van der Waals surface area contributed by atoms with Crippen molar-refractivity contribution in [2.24, 2.45) is 0 Å². The zero-order chi connectivity index (χ0) is 19.2. The van der Waals surface area contributed by atoms with E-state index in [0.29, 0.717) is 16.3 Å². The second-order valence-corrected chi connectivity index (χ2v) is 6.97. The molecule has 1 N–H and O–H groups in total. The molecular formula is C19H17F2N3O2S. The number of aryl methyl sites for hydroxylation is 2. The van der Waals surface area contributed by atoms with Gasteiger partial charge in [0.15, 0.2) is 0 Å². The van der Waals surface area contributed by atoms with Gasteiger partial charge in [-0.05, 0) is 61.6 Å². The van der Waals surface area contributed by atoms with Gasteiger partial charge in [0.25, 0.3) is 0 Å². The van der Waals surface area contributed by atoms with Crippen LogP contribution in [0.5, 0.6) is 5.75 Å². The standard InChI is InChI=1S/C19H17F2N3O2S/c20-19(21)26-15-7-5-14(6-8-15)23-17(25)11-27-18-13(10-22)9-12-3-1-2-4-16(12)24-18/h5-9,19H,1-4,11H2,(H,23,25). The van der Waals surface area contributed by atoms with E-state index in [1.807, 2.05) is 6.07 Å². The van der Waals surface area contributed by atoms with Crippen LogP contribution in [0.2, 0.25) is 0 Å². The number of nitrogens with zero attached hydrogens (tertiary/aromatic N) is 2. The highest BCUT2D eigenvalue weighted by Gasteiger charge is 2.16. The number of thioether (sulfide) groups is 1. The van der Waals surface area contributed by atoms with Gasteiger partial charge in [-0.15, -0.1) is 0 Å². The van der Waals surface area contributed by atoms with E-state index in [0.717, 1.165) is 36.9 Å². The molecule has 140 valence electrons. The van der Waals surface area contributed by atoms with Gasteiger partial charge in [0, 0.05) is 11.4 Å². The molecule has 0 fully saturated rings. The van der Waals surface area contributed by atoms with E-state index in [1.165, 1.54) is 36.0 Å². The van der Waals surface area contributed by atoms with Gasteiger partial charge in [-0.3, -0.25) is 4.79 Å². The lowest BCUT2D eigenvalue weighted by Gasteiger charge is -2.16. The highest BCUT2D eigenvalue weighted by Crippen LogP contribution is 2.27. The summed E-state index contributed by atoms with van der Waals surface area (Å²) in [6.45, 7) is -2.89. The van der Waals surface area contributed by atoms with E-state index in [-0.39, 0.29) is 17.4 Å². The van der Waals surface area contributed by atoms with E-state index in [4.69, 9.17) is 0 Å². The maximum absolute atomic E-state index is 12.1. The molecular weight excluding hydrogens is 372 g/mol. The summed E-state index contributed by atoms with van der Waals surface area (Å²) in [7, 11) is 0. The first-order chi connectivity index (χ1) is 13.0. The number of benzene rings is 1.